The molecule has 2 aliphatic rings. The van der Waals surface area contributed by atoms with Crippen LogP contribution < -0.4 is 10.6 Å². The minimum Gasteiger partial charge on any atom is -0.378 e. The molecule has 2 saturated carbocycles. The van der Waals surface area contributed by atoms with Crippen LogP contribution in [0.2, 0.25) is 0 Å². The van der Waals surface area contributed by atoms with Gasteiger partial charge in [-0.15, -0.1) is 0 Å². The SMILES string of the molecule is CCOC1CC(NC(=NC)NCc2nccn2Cc2ccccc2)C12CCCC2. The predicted octanol–water partition coefficient (Wildman–Crippen LogP) is 3.33. The first-order valence-electron chi connectivity index (χ1n) is 10.9. The van der Waals surface area contributed by atoms with Gasteiger partial charge in [0.2, 0.25) is 0 Å². The van der Waals surface area contributed by atoms with Gasteiger partial charge in [-0.05, 0) is 31.7 Å². The van der Waals surface area contributed by atoms with E-state index in [0.717, 1.165) is 31.4 Å². The molecule has 2 aromatic rings. The van der Waals surface area contributed by atoms with E-state index in [4.69, 9.17) is 4.74 Å². The third-order valence-corrected chi connectivity index (χ3v) is 6.63. The molecular formula is C23H33N5O. The van der Waals surface area contributed by atoms with Crippen molar-refractivity contribution in [3.05, 3.63) is 54.1 Å². The van der Waals surface area contributed by atoms with Crippen molar-refractivity contribution in [2.75, 3.05) is 13.7 Å². The fourth-order valence-electron chi connectivity index (χ4n) is 5.04. The monoisotopic (exact) mass is 395 g/mol. The molecule has 0 aliphatic heterocycles. The smallest absolute Gasteiger partial charge is 0.191 e. The van der Waals surface area contributed by atoms with Crippen molar-refractivity contribution in [3.8, 4) is 0 Å². The van der Waals surface area contributed by atoms with Crippen LogP contribution in [0.3, 0.4) is 0 Å². The van der Waals surface area contributed by atoms with E-state index in [1.807, 2.05) is 25.5 Å². The first kappa shape index (κ1) is 20.0. The Morgan fingerprint density at radius 3 is 2.79 bits per heavy atom. The van der Waals surface area contributed by atoms with E-state index in [-0.39, 0.29) is 0 Å². The maximum absolute atomic E-state index is 6.04. The number of nitrogens with one attached hydrogen (secondary N) is 2. The Morgan fingerprint density at radius 2 is 2.07 bits per heavy atom. The average molecular weight is 396 g/mol. The number of imidazole rings is 1. The summed E-state index contributed by atoms with van der Waals surface area (Å²) in [6.45, 7) is 4.37. The molecule has 6 heteroatoms. The van der Waals surface area contributed by atoms with Crippen LogP contribution in [0.1, 0.15) is 50.4 Å². The van der Waals surface area contributed by atoms with E-state index < -0.39 is 0 Å². The van der Waals surface area contributed by atoms with Crippen molar-refractivity contribution in [3.63, 3.8) is 0 Å². The average Bonchev–Trinajstić information content (AvgIpc) is 3.42. The lowest BCUT2D eigenvalue weighted by Crippen LogP contribution is -2.65. The van der Waals surface area contributed by atoms with E-state index in [0.29, 0.717) is 24.1 Å². The van der Waals surface area contributed by atoms with Crippen molar-refractivity contribution < 1.29 is 4.74 Å². The summed E-state index contributed by atoms with van der Waals surface area (Å²) in [5, 5.41) is 7.14. The summed E-state index contributed by atoms with van der Waals surface area (Å²) in [6, 6.07) is 10.9. The van der Waals surface area contributed by atoms with E-state index in [2.05, 4.69) is 56.4 Å². The fraction of sp³-hybridized carbons (Fsp3) is 0.565. The highest BCUT2D eigenvalue weighted by Crippen LogP contribution is 2.54. The molecule has 0 radical (unpaired) electrons. The number of rotatable bonds is 7. The second-order valence-electron chi connectivity index (χ2n) is 8.20. The van der Waals surface area contributed by atoms with Crippen molar-refractivity contribution in [1.29, 1.82) is 0 Å². The predicted molar refractivity (Wildman–Crippen MR) is 116 cm³/mol. The Bertz CT molecular complexity index is 810. The molecule has 1 aromatic heterocycles. The van der Waals surface area contributed by atoms with Crippen LogP contribution >= 0.6 is 0 Å². The molecule has 1 heterocycles. The number of nitrogens with zero attached hydrogens (tertiary/aromatic N) is 3. The molecule has 0 amide bonds. The van der Waals surface area contributed by atoms with Gasteiger partial charge in [0.05, 0.1) is 12.6 Å². The molecule has 1 aromatic carbocycles. The van der Waals surface area contributed by atoms with Gasteiger partial charge in [-0.25, -0.2) is 4.98 Å². The van der Waals surface area contributed by atoms with Gasteiger partial charge < -0.3 is 19.9 Å². The lowest BCUT2D eigenvalue weighted by molar-refractivity contribution is -0.125. The third-order valence-electron chi connectivity index (χ3n) is 6.63. The quantitative estimate of drug-likeness (QED) is 0.558. The molecule has 29 heavy (non-hydrogen) atoms. The zero-order chi connectivity index (χ0) is 20.1. The van der Waals surface area contributed by atoms with Crippen LogP contribution in [-0.4, -0.2) is 41.3 Å². The molecule has 2 fully saturated rings. The minimum absolute atomic E-state index is 0.291. The van der Waals surface area contributed by atoms with Gasteiger partial charge in [-0.3, -0.25) is 4.99 Å². The first-order valence-corrected chi connectivity index (χ1v) is 10.9. The van der Waals surface area contributed by atoms with Crippen molar-refractivity contribution in [2.24, 2.45) is 10.4 Å². The molecule has 0 saturated heterocycles. The zero-order valence-electron chi connectivity index (χ0n) is 17.6. The summed E-state index contributed by atoms with van der Waals surface area (Å²) in [6.07, 6.45) is 10.5. The number of ether oxygens (including phenoxy) is 1. The highest BCUT2D eigenvalue weighted by atomic mass is 16.5. The van der Waals surface area contributed by atoms with Crippen LogP contribution in [-0.2, 0) is 17.8 Å². The molecule has 2 atom stereocenters. The molecule has 0 bridgehead atoms. The molecule has 4 rings (SSSR count). The topological polar surface area (TPSA) is 63.5 Å². The van der Waals surface area contributed by atoms with Gasteiger partial charge in [0.1, 0.15) is 5.82 Å². The summed E-state index contributed by atoms with van der Waals surface area (Å²) in [4.78, 5) is 9.00. The summed E-state index contributed by atoms with van der Waals surface area (Å²) >= 11 is 0. The highest BCUT2D eigenvalue weighted by Gasteiger charge is 2.56. The van der Waals surface area contributed by atoms with Gasteiger partial charge in [-0.1, -0.05) is 43.2 Å². The first-order chi connectivity index (χ1) is 14.2. The van der Waals surface area contributed by atoms with Crippen LogP contribution in [0.4, 0.5) is 0 Å². The minimum atomic E-state index is 0.291. The molecule has 2 unspecified atom stereocenters. The largest absolute Gasteiger partial charge is 0.378 e. The molecule has 6 nitrogen and oxygen atoms in total. The van der Waals surface area contributed by atoms with E-state index in [1.165, 1.54) is 31.2 Å². The van der Waals surface area contributed by atoms with Gasteiger partial charge in [0.15, 0.2) is 5.96 Å². The van der Waals surface area contributed by atoms with Gasteiger partial charge in [0, 0.05) is 44.0 Å². The van der Waals surface area contributed by atoms with E-state index in [1.54, 1.807) is 0 Å². The number of hydrogen-bond donors (Lipinski definition) is 2. The van der Waals surface area contributed by atoms with Crippen LogP contribution in [0.15, 0.2) is 47.7 Å². The molecular weight excluding hydrogens is 362 g/mol. The Balaban J connectivity index is 1.35. The maximum atomic E-state index is 6.04. The fourth-order valence-corrected chi connectivity index (χ4v) is 5.04. The number of aliphatic imine (C=N–C) groups is 1. The van der Waals surface area contributed by atoms with Crippen LogP contribution in [0.5, 0.6) is 0 Å². The number of benzene rings is 1. The Labute approximate surface area is 173 Å². The maximum Gasteiger partial charge on any atom is 0.191 e. The second kappa shape index (κ2) is 8.99. The molecule has 2 aliphatic carbocycles. The normalized spacial score (nSPS) is 23.2. The lowest BCUT2D eigenvalue weighted by atomic mass is 9.60. The second-order valence-corrected chi connectivity index (χ2v) is 8.20. The van der Waals surface area contributed by atoms with Crippen LogP contribution in [0.25, 0.3) is 0 Å². The Kier molecular flexibility index (Phi) is 6.19. The van der Waals surface area contributed by atoms with Gasteiger partial charge >= 0.3 is 0 Å². The molecule has 2 N–H and O–H groups in total. The van der Waals surface area contributed by atoms with Crippen molar-refractivity contribution >= 4 is 5.96 Å². The molecule has 1 spiro atoms. The van der Waals surface area contributed by atoms with Gasteiger partial charge in [0.25, 0.3) is 0 Å². The number of aromatic nitrogens is 2. The summed E-state index contributed by atoms with van der Waals surface area (Å²) in [5.74, 6) is 1.86. The third kappa shape index (κ3) is 4.17. The summed E-state index contributed by atoms with van der Waals surface area (Å²) in [7, 11) is 1.84. The van der Waals surface area contributed by atoms with E-state index in [9.17, 15) is 0 Å². The standard InChI is InChI=1S/C23H33N5O/c1-3-29-20-15-19(23(20)11-7-8-12-23)27-22(24-2)26-16-21-25-13-14-28(21)17-18-9-5-4-6-10-18/h4-6,9-10,13-14,19-20H,3,7-8,11-12,15-17H2,1-2H3,(H2,24,26,27). The zero-order valence-corrected chi connectivity index (χ0v) is 17.6. The summed E-state index contributed by atoms with van der Waals surface area (Å²) in [5.41, 5.74) is 1.56. The van der Waals surface area contributed by atoms with Crippen LogP contribution in [0, 0.1) is 5.41 Å². The van der Waals surface area contributed by atoms with E-state index >= 15 is 0 Å². The highest BCUT2D eigenvalue weighted by molar-refractivity contribution is 5.80. The molecule has 156 valence electrons. The number of hydrogen-bond acceptors (Lipinski definition) is 3. The van der Waals surface area contributed by atoms with Crippen molar-refractivity contribution in [1.82, 2.24) is 20.2 Å². The summed E-state index contributed by atoms with van der Waals surface area (Å²) < 4.78 is 8.22. The Hall–Kier alpha value is -2.34. The lowest BCUT2D eigenvalue weighted by Gasteiger charge is -2.54. The van der Waals surface area contributed by atoms with Gasteiger partial charge in [-0.2, -0.15) is 0 Å². The Morgan fingerprint density at radius 1 is 1.28 bits per heavy atom. The van der Waals surface area contributed by atoms with Crippen molar-refractivity contribution in [2.45, 2.75) is 64.3 Å². The number of guanidine groups is 1.